The average Bonchev–Trinajstić information content (AvgIpc) is 2.43. The summed E-state index contributed by atoms with van der Waals surface area (Å²) < 4.78 is 0. The van der Waals surface area contributed by atoms with Gasteiger partial charge in [-0.05, 0) is 61.9 Å². The summed E-state index contributed by atoms with van der Waals surface area (Å²) in [5.41, 5.74) is 2.09. The number of hydrogen-bond donors (Lipinski definition) is 1. The van der Waals surface area contributed by atoms with Crippen LogP contribution in [0.15, 0.2) is 18.2 Å². The Kier molecular flexibility index (Phi) is 5.62. The first-order valence-corrected chi connectivity index (χ1v) is 7.91. The van der Waals surface area contributed by atoms with E-state index in [1.807, 2.05) is 25.1 Å². The second-order valence-electron chi connectivity index (χ2n) is 6.10. The van der Waals surface area contributed by atoms with Crippen LogP contribution in [0.1, 0.15) is 37.3 Å². The Labute approximate surface area is 126 Å². The first kappa shape index (κ1) is 15.5. The fourth-order valence-corrected chi connectivity index (χ4v) is 3.27. The van der Waals surface area contributed by atoms with E-state index >= 15 is 0 Å². The normalized spacial score (nSPS) is 20.6. The molecule has 0 radical (unpaired) electrons. The molecule has 110 valence electrons. The van der Waals surface area contributed by atoms with E-state index in [1.165, 1.54) is 12.8 Å². The summed E-state index contributed by atoms with van der Waals surface area (Å²) in [7, 11) is 0. The Bertz CT molecular complexity index is 466. The predicted octanol–water partition coefficient (Wildman–Crippen LogP) is 3.79. The molecule has 2 atom stereocenters. The fourth-order valence-electron chi connectivity index (χ4n) is 2.97. The minimum absolute atomic E-state index is 0.300. The highest BCUT2D eigenvalue weighted by atomic mass is 35.5. The molecule has 0 amide bonds. The zero-order valence-electron chi connectivity index (χ0n) is 12.4. The lowest BCUT2D eigenvalue weighted by Crippen LogP contribution is -2.34. The van der Waals surface area contributed by atoms with Gasteiger partial charge in [0, 0.05) is 17.9 Å². The highest BCUT2D eigenvalue weighted by molar-refractivity contribution is 6.31. The average molecular weight is 294 g/mol. The number of nitrogens with one attached hydrogen (secondary N) is 1. The van der Waals surface area contributed by atoms with E-state index in [2.05, 4.69) is 12.2 Å². The second-order valence-corrected chi connectivity index (χ2v) is 6.51. The van der Waals surface area contributed by atoms with Gasteiger partial charge in [-0.3, -0.25) is 4.79 Å². The molecule has 2 nitrogen and oxygen atoms in total. The van der Waals surface area contributed by atoms with Crippen molar-refractivity contribution in [3.05, 3.63) is 34.3 Å². The van der Waals surface area contributed by atoms with Crippen LogP contribution in [-0.2, 0) is 11.2 Å². The lowest BCUT2D eigenvalue weighted by atomic mass is 9.83. The number of piperidine rings is 1. The first-order chi connectivity index (χ1) is 9.56. The Hall–Kier alpha value is -0.860. The number of Topliss-reactive ketones (excluding diaryl/α,β-unsaturated/α-hetero) is 1. The smallest absolute Gasteiger partial charge is 0.137 e. The minimum Gasteiger partial charge on any atom is -0.316 e. The van der Waals surface area contributed by atoms with E-state index in [0.717, 1.165) is 24.2 Å². The van der Waals surface area contributed by atoms with Crippen molar-refractivity contribution in [3.63, 3.8) is 0 Å². The third kappa shape index (κ3) is 4.32. The summed E-state index contributed by atoms with van der Waals surface area (Å²) in [6.07, 6.45) is 3.60. The van der Waals surface area contributed by atoms with Crippen molar-refractivity contribution >= 4 is 17.4 Å². The Morgan fingerprint density at radius 1 is 1.50 bits per heavy atom. The van der Waals surface area contributed by atoms with Gasteiger partial charge in [0.1, 0.15) is 5.78 Å². The summed E-state index contributed by atoms with van der Waals surface area (Å²) >= 11 is 6.20. The maximum atomic E-state index is 12.2. The molecule has 1 fully saturated rings. The molecule has 1 N–H and O–H groups in total. The molecular weight excluding hydrogens is 270 g/mol. The van der Waals surface area contributed by atoms with Crippen LogP contribution in [0.3, 0.4) is 0 Å². The first-order valence-electron chi connectivity index (χ1n) is 7.53. The van der Waals surface area contributed by atoms with E-state index in [-0.39, 0.29) is 0 Å². The van der Waals surface area contributed by atoms with Crippen LogP contribution in [0.2, 0.25) is 5.02 Å². The number of ketones is 1. The van der Waals surface area contributed by atoms with Gasteiger partial charge in [0.15, 0.2) is 0 Å². The van der Waals surface area contributed by atoms with Crippen molar-refractivity contribution in [1.29, 1.82) is 0 Å². The second kappa shape index (κ2) is 7.24. The van der Waals surface area contributed by atoms with Gasteiger partial charge in [0.05, 0.1) is 0 Å². The maximum Gasteiger partial charge on any atom is 0.137 e. The van der Waals surface area contributed by atoms with E-state index in [4.69, 9.17) is 11.6 Å². The number of aryl methyl sites for hydroxylation is 1. The molecule has 0 saturated carbocycles. The minimum atomic E-state index is 0.300. The van der Waals surface area contributed by atoms with Gasteiger partial charge in [0.2, 0.25) is 0 Å². The number of rotatable bonds is 5. The van der Waals surface area contributed by atoms with E-state index in [1.54, 1.807) is 0 Å². The fraction of sp³-hybridized carbons (Fsp3) is 0.588. The molecule has 2 rings (SSSR count). The topological polar surface area (TPSA) is 29.1 Å². The third-order valence-corrected chi connectivity index (χ3v) is 4.64. The SMILES string of the molecule is Cc1ccc(CC(=O)CC(C)C2CCCNC2)c(Cl)c1. The molecule has 20 heavy (non-hydrogen) atoms. The van der Waals surface area contributed by atoms with Gasteiger partial charge in [-0.15, -0.1) is 0 Å². The molecule has 0 aromatic heterocycles. The Morgan fingerprint density at radius 3 is 2.95 bits per heavy atom. The molecule has 1 aromatic rings. The van der Waals surface area contributed by atoms with E-state index < -0.39 is 0 Å². The molecule has 1 aliphatic heterocycles. The van der Waals surface area contributed by atoms with Crippen molar-refractivity contribution in [2.45, 2.75) is 39.5 Å². The zero-order valence-corrected chi connectivity index (χ0v) is 13.2. The van der Waals surface area contributed by atoms with Crippen molar-refractivity contribution in [2.24, 2.45) is 11.8 Å². The molecular formula is C17H24ClNO. The predicted molar refractivity (Wildman–Crippen MR) is 84.3 cm³/mol. The summed E-state index contributed by atoms with van der Waals surface area (Å²) in [5.74, 6) is 1.40. The summed E-state index contributed by atoms with van der Waals surface area (Å²) in [6.45, 7) is 6.39. The number of halogens is 1. The van der Waals surface area contributed by atoms with Crippen LogP contribution < -0.4 is 5.32 Å². The molecule has 1 saturated heterocycles. The van der Waals surface area contributed by atoms with Crippen LogP contribution in [0, 0.1) is 18.8 Å². The quantitative estimate of drug-likeness (QED) is 0.895. The number of carbonyl (C=O) groups excluding carboxylic acids is 1. The number of hydrogen-bond acceptors (Lipinski definition) is 2. The van der Waals surface area contributed by atoms with Crippen LogP contribution >= 0.6 is 11.6 Å². The molecule has 0 bridgehead atoms. The third-order valence-electron chi connectivity index (χ3n) is 4.29. The lowest BCUT2D eigenvalue weighted by Gasteiger charge is -2.28. The van der Waals surface area contributed by atoms with Gasteiger partial charge in [-0.2, -0.15) is 0 Å². The molecule has 0 aliphatic carbocycles. The molecule has 3 heteroatoms. The molecule has 1 heterocycles. The molecule has 1 aromatic carbocycles. The summed E-state index contributed by atoms with van der Waals surface area (Å²) in [6, 6.07) is 5.92. The molecule has 1 aliphatic rings. The van der Waals surface area contributed by atoms with Crippen molar-refractivity contribution < 1.29 is 4.79 Å². The van der Waals surface area contributed by atoms with Crippen LogP contribution in [-0.4, -0.2) is 18.9 Å². The summed E-state index contributed by atoms with van der Waals surface area (Å²) in [5, 5.41) is 4.13. The number of carbonyl (C=O) groups is 1. The number of benzene rings is 1. The summed E-state index contributed by atoms with van der Waals surface area (Å²) in [4.78, 5) is 12.2. The van der Waals surface area contributed by atoms with Gasteiger partial charge in [-0.25, -0.2) is 0 Å². The van der Waals surface area contributed by atoms with Crippen LogP contribution in [0.4, 0.5) is 0 Å². The van der Waals surface area contributed by atoms with Crippen LogP contribution in [0.25, 0.3) is 0 Å². The van der Waals surface area contributed by atoms with E-state index in [9.17, 15) is 4.79 Å². The molecule has 2 unspecified atom stereocenters. The van der Waals surface area contributed by atoms with Gasteiger partial charge < -0.3 is 5.32 Å². The Balaban J connectivity index is 1.88. The standard InChI is InChI=1S/C17H24ClNO/c1-12-5-6-14(17(18)8-12)10-16(20)9-13(2)15-4-3-7-19-11-15/h5-6,8,13,15,19H,3-4,7,9-11H2,1-2H3. The molecule has 0 spiro atoms. The highest BCUT2D eigenvalue weighted by Gasteiger charge is 2.22. The Morgan fingerprint density at radius 2 is 2.30 bits per heavy atom. The van der Waals surface area contributed by atoms with Crippen molar-refractivity contribution in [2.75, 3.05) is 13.1 Å². The van der Waals surface area contributed by atoms with Crippen molar-refractivity contribution in [1.82, 2.24) is 5.32 Å². The van der Waals surface area contributed by atoms with Gasteiger partial charge in [-0.1, -0.05) is 30.7 Å². The monoisotopic (exact) mass is 293 g/mol. The van der Waals surface area contributed by atoms with E-state index in [0.29, 0.717) is 35.5 Å². The van der Waals surface area contributed by atoms with Crippen LogP contribution in [0.5, 0.6) is 0 Å². The van der Waals surface area contributed by atoms with Gasteiger partial charge in [0.25, 0.3) is 0 Å². The maximum absolute atomic E-state index is 12.2. The largest absolute Gasteiger partial charge is 0.316 e. The van der Waals surface area contributed by atoms with Crippen molar-refractivity contribution in [3.8, 4) is 0 Å². The zero-order chi connectivity index (χ0) is 14.5. The lowest BCUT2D eigenvalue weighted by molar-refractivity contribution is -0.119. The highest BCUT2D eigenvalue weighted by Crippen LogP contribution is 2.24. The van der Waals surface area contributed by atoms with Gasteiger partial charge >= 0.3 is 0 Å².